The van der Waals surface area contributed by atoms with Crippen LogP contribution in [0.25, 0.3) is 27.6 Å². The summed E-state index contributed by atoms with van der Waals surface area (Å²) >= 11 is 0. The van der Waals surface area contributed by atoms with E-state index in [0.29, 0.717) is 22.5 Å². The molecule has 4 aromatic carbocycles. The van der Waals surface area contributed by atoms with Crippen LogP contribution in [-0.2, 0) is 10.0 Å². The van der Waals surface area contributed by atoms with Gasteiger partial charge in [0.2, 0.25) is 10.0 Å². The number of nitrogens with two attached hydrogens (primary N) is 1. The number of nitrogens with one attached hydrogen (secondary N) is 1. The van der Waals surface area contributed by atoms with Gasteiger partial charge in [-0.25, -0.2) is 18.2 Å². The SMILES string of the molecule is Cc1ccc2cc(-n3nc(C)cc3C(=O)Nc3ccc(-c4ccccc4S(N)(=O)=O)cc3)ccc2c1. The number of benzene rings is 4. The molecule has 7 nitrogen and oxygen atoms in total. The molecule has 0 aliphatic rings. The Morgan fingerprint density at radius 3 is 2.31 bits per heavy atom. The Kier molecular flexibility index (Phi) is 5.91. The molecule has 3 N–H and O–H groups in total. The molecule has 0 atom stereocenters. The van der Waals surface area contributed by atoms with Crippen LogP contribution in [0.1, 0.15) is 21.7 Å². The number of fused-ring (bicyclic) bond motifs is 1. The van der Waals surface area contributed by atoms with E-state index >= 15 is 0 Å². The topological polar surface area (TPSA) is 107 Å². The van der Waals surface area contributed by atoms with E-state index in [1.165, 1.54) is 11.6 Å². The number of carbonyl (C=O) groups excluding carboxylic acids is 1. The van der Waals surface area contributed by atoms with Gasteiger partial charge in [-0.2, -0.15) is 5.10 Å². The number of anilines is 1. The molecule has 5 rings (SSSR count). The van der Waals surface area contributed by atoms with E-state index in [0.717, 1.165) is 22.2 Å². The van der Waals surface area contributed by atoms with Crippen LogP contribution in [-0.4, -0.2) is 24.1 Å². The second-order valence-electron chi connectivity index (χ2n) is 8.69. The van der Waals surface area contributed by atoms with Crippen molar-refractivity contribution in [3.05, 3.63) is 108 Å². The molecule has 0 aliphatic carbocycles. The Bertz CT molecular complexity index is 1720. The van der Waals surface area contributed by atoms with Gasteiger partial charge in [0.25, 0.3) is 5.91 Å². The zero-order valence-corrected chi connectivity index (χ0v) is 20.6. The minimum absolute atomic E-state index is 0.0479. The molecule has 1 heterocycles. The molecule has 0 bridgehead atoms. The molecule has 0 spiro atoms. The average Bonchev–Trinajstić information content (AvgIpc) is 3.25. The predicted octanol–water partition coefficient (Wildman–Crippen LogP) is 5.21. The monoisotopic (exact) mass is 496 g/mol. The maximum atomic E-state index is 13.2. The van der Waals surface area contributed by atoms with E-state index in [2.05, 4.69) is 35.5 Å². The number of carbonyl (C=O) groups is 1. The number of hydrogen-bond donors (Lipinski definition) is 2. The fourth-order valence-electron chi connectivity index (χ4n) is 4.22. The number of amides is 1. The van der Waals surface area contributed by atoms with Crippen molar-refractivity contribution in [3.63, 3.8) is 0 Å². The minimum atomic E-state index is -3.87. The van der Waals surface area contributed by atoms with Crippen molar-refractivity contribution < 1.29 is 13.2 Å². The van der Waals surface area contributed by atoms with Gasteiger partial charge in [-0.1, -0.05) is 60.2 Å². The molecule has 0 aliphatic heterocycles. The highest BCUT2D eigenvalue weighted by molar-refractivity contribution is 7.89. The van der Waals surface area contributed by atoms with Crippen LogP contribution in [0.15, 0.2) is 95.9 Å². The molecule has 1 amide bonds. The minimum Gasteiger partial charge on any atom is -0.321 e. The summed E-state index contributed by atoms with van der Waals surface area (Å²) in [5, 5.41) is 15.0. The third-order valence-electron chi connectivity index (χ3n) is 5.94. The summed E-state index contributed by atoms with van der Waals surface area (Å²) in [5.74, 6) is -0.308. The molecule has 0 radical (unpaired) electrons. The number of hydrogen-bond acceptors (Lipinski definition) is 4. The maximum Gasteiger partial charge on any atom is 0.274 e. The van der Waals surface area contributed by atoms with E-state index in [4.69, 9.17) is 5.14 Å². The second-order valence-corrected chi connectivity index (χ2v) is 10.2. The van der Waals surface area contributed by atoms with Crippen molar-refractivity contribution in [2.75, 3.05) is 5.32 Å². The van der Waals surface area contributed by atoms with Gasteiger partial charge in [-0.15, -0.1) is 0 Å². The Morgan fingerprint density at radius 2 is 1.56 bits per heavy atom. The summed E-state index contributed by atoms with van der Waals surface area (Å²) in [6.45, 7) is 3.90. The first-order chi connectivity index (χ1) is 17.2. The smallest absolute Gasteiger partial charge is 0.274 e. The van der Waals surface area contributed by atoms with Gasteiger partial charge < -0.3 is 5.32 Å². The lowest BCUT2D eigenvalue weighted by atomic mass is 10.1. The molecule has 180 valence electrons. The lowest BCUT2D eigenvalue weighted by Crippen LogP contribution is -2.17. The van der Waals surface area contributed by atoms with E-state index in [9.17, 15) is 13.2 Å². The fourth-order valence-corrected chi connectivity index (χ4v) is 4.98. The van der Waals surface area contributed by atoms with Gasteiger partial charge >= 0.3 is 0 Å². The Balaban J connectivity index is 1.42. The lowest BCUT2D eigenvalue weighted by Gasteiger charge is -2.11. The Hall–Kier alpha value is -4.27. The zero-order valence-electron chi connectivity index (χ0n) is 19.8. The highest BCUT2D eigenvalue weighted by Gasteiger charge is 2.17. The number of rotatable bonds is 5. The summed E-state index contributed by atoms with van der Waals surface area (Å²) in [6, 6.07) is 27.4. The quantitative estimate of drug-likeness (QED) is 0.348. The third kappa shape index (κ3) is 4.64. The van der Waals surface area contributed by atoms with Crippen LogP contribution >= 0.6 is 0 Å². The Morgan fingerprint density at radius 1 is 0.861 bits per heavy atom. The van der Waals surface area contributed by atoms with Gasteiger partial charge in [0, 0.05) is 11.3 Å². The fraction of sp³-hybridized carbons (Fsp3) is 0.0714. The number of primary sulfonamides is 1. The van der Waals surface area contributed by atoms with Gasteiger partial charge in [0.15, 0.2) is 0 Å². The van der Waals surface area contributed by atoms with Crippen molar-refractivity contribution in [2.45, 2.75) is 18.7 Å². The average molecular weight is 497 g/mol. The normalized spacial score (nSPS) is 11.5. The van der Waals surface area contributed by atoms with E-state index < -0.39 is 10.0 Å². The highest BCUT2D eigenvalue weighted by atomic mass is 32.2. The van der Waals surface area contributed by atoms with Gasteiger partial charge in [0.05, 0.1) is 16.3 Å². The van der Waals surface area contributed by atoms with Crippen molar-refractivity contribution in [3.8, 4) is 16.8 Å². The molecule has 5 aromatic rings. The molecule has 0 unspecified atom stereocenters. The Labute approximate surface area is 209 Å². The van der Waals surface area contributed by atoms with Crippen LogP contribution in [0, 0.1) is 13.8 Å². The standard InChI is InChI=1S/C28H24N4O3S/c1-18-7-8-22-17-24(14-11-21(22)15-18)32-26(16-19(2)31-32)28(33)30-23-12-9-20(10-13-23)25-5-3-4-6-27(25)36(29,34)35/h3-17H,1-2H3,(H,30,33)(H2,29,34,35). The number of nitrogens with zero attached hydrogens (tertiary/aromatic N) is 2. The largest absolute Gasteiger partial charge is 0.321 e. The van der Waals surface area contributed by atoms with Crippen molar-refractivity contribution in [1.82, 2.24) is 9.78 Å². The highest BCUT2D eigenvalue weighted by Crippen LogP contribution is 2.28. The zero-order chi connectivity index (χ0) is 25.4. The summed E-state index contributed by atoms with van der Waals surface area (Å²) in [5.41, 5.74) is 4.84. The summed E-state index contributed by atoms with van der Waals surface area (Å²) in [7, 11) is -3.87. The van der Waals surface area contributed by atoms with Crippen LogP contribution in [0.5, 0.6) is 0 Å². The third-order valence-corrected chi connectivity index (χ3v) is 6.90. The van der Waals surface area contributed by atoms with E-state index in [1.54, 1.807) is 53.2 Å². The van der Waals surface area contributed by atoms with Crippen molar-refractivity contribution >= 4 is 32.4 Å². The maximum absolute atomic E-state index is 13.2. The first-order valence-electron chi connectivity index (χ1n) is 11.3. The molecular formula is C28H24N4O3S. The van der Waals surface area contributed by atoms with Crippen LogP contribution in [0.2, 0.25) is 0 Å². The molecule has 1 aromatic heterocycles. The molecule has 0 fully saturated rings. The molecular weight excluding hydrogens is 472 g/mol. The first-order valence-corrected chi connectivity index (χ1v) is 12.8. The predicted molar refractivity (Wildman–Crippen MR) is 142 cm³/mol. The van der Waals surface area contributed by atoms with Gasteiger partial charge in [-0.05, 0) is 66.6 Å². The number of aromatic nitrogens is 2. The molecule has 36 heavy (non-hydrogen) atoms. The summed E-state index contributed by atoms with van der Waals surface area (Å²) in [4.78, 5) is 13.3. The molecule has 8 heteroatoms. The molecule has 0 saturated carbocycles. The van der Waals surface area contributed by atoms with Crippen molar-refractivity contribution in [1.29, 1.82) is 0 Å². The van der Waals surface area contributed by atoms with E-state index in [-0.39, 0.29) is 10.8 Å². The number of aryl methyl sites for hydroxylation is 2. The van der Waals surface area contributed by atoms with Crippen LogP contribution < -0.4 is 10.5 Å². The van der Waals surface area contributed by atoms with E-state index in [1.807, 2.05) is 25.1 Å². The number of sulfonamides is 1. The van der Waals surface area contributed by atoms with Crippen LogP contribution in [0.4, 0.5) is 5.69 Å². The van der Waals surface area contributed by atoms with Crippen molar-refractivity contribution in [2.24, 2.45) is 5.14 Å². The lowest BCUT2D eigenvalue weighted by molar-refractivity contribution is 0.101. The van der Waals surface area contributed by atoms with Crippen LogP contribution in [0.3, 0.4) is 0 Å². The van der Waals surface area contributed by atoms with Gasteiger partial charge in [0.1, 0.15) is 5.69 Å². The summed E-state index contributed by atoms with van der Waals surface area (Å²) < 4.78 is 25.5. The molecule has 0 saturated heterocycles. The summed E-state index contributed by atoms with van der Waals surface area (Å²) in [6.07, 6.45) is 0. The first kappa shape index (κ1) is 23.5. The second kappa shape index (κ2) is 9.07. The van der Waals surface area contributed by atoms with Gasteiger partial charge in [-0.3, -0.25) is 4.79 Å².